The molecule has 0 radical (unpaired) electrons. The molecule has 0 amide bonds. The summed E-state index contributed by atoms with van der Waals surface area (Å²) in [6.45, 7) is 2.73. The maximum atomic E-state index is 11.9. The predicted octanol–water partition coefficient (Wildman–Crippen LogP) is 5.34. The van der Waals surface area contributed by atoms with E-state index in [1.165, 1.54) is 70.3 Å². The van der Waals surface area contributed by atoms with Crippen LogP contribution in [0.3, 0.4) is 0 Å². The molecule has 1 atom stereocenters. The maximum Gasteiger partial charge on any atom is 0.330 e. The number of hydrogen-bond acceptors (Lipinski definition) is 3. The molecule has 1 N–H and O–H groups in total. The van der Waals surface area contributed by atoms with Crippen LogP contribution in [0, 0.1) is 0 Å². The monoisotopic (exact) mass is 398 g/mol. The molecule has 0 spiro atoms. The Morgan fingerprint density at radius 1 is 0.893 bits per heavy atom. The highest BCUT2D eigenvalue weighted by atomic mass is 16.5. The number of hydrogen-bond donors (Lipinski definition) is 1. The highest BCUT2D eigenvalue weighted by Crippen LogP contribution is 2.12. The number of unbranched alkanes of at least 4 members (excludes halogenated alkanes) is 11. The van der Waals surface area contributed by atoms with Crippen molar-refractivity contribution in [3.8, 4) is 0 Å². The molecule has 5 nitrogen and oxygen atoms in total. The first-order chi connectivity index (χ1) is 13.2. The summed E-state index contributed by atoms with van der Waals surface area (Å²) in [5.41, 5.74) is 0. The van der Waals surface area contributed by atoms with E-state index in [0.29, 0.717) is 11.0 Å². The van der Waals surface area contributed by atoms with Gasteiger partial charge in [-0.2, -0.15) is 0 Å². The average molecular weight is 399 g/mol. The summed E-state index contributed by atoms with van der Waals surface area (Å²) in [5.74, 6) is -1.39. The van der Waals surface area contributed by atoms with Crippen molar-refractivity contribution in [2.24, 2.45) is 0 Å². The lowest BCUT2D eigenvalue weighted by molar-refractivity contribution is -0.873. The first-order valence-corrected chi connectivity index (χ1v) is 11.1. The molecule has 5 heteroatoms. The molecular formula is C23H44NO4+. The molecule has 0 aliphatic rings. The van der Waals surface area contributed by atoms with E-state index in [9.17, 15) is 9.59 Å². The number of carbonyl (C=O) groups is 2. The number of quaternary nitrogens is 1. The van der Waals surface area contributed by atoms with E-state index in [4.69, 9.17) is 9.84 Å². The number of carboxylic acid groups (broad SMARTS) is 1. The molecule has 0 aromatic carbocycles. The van der Waals surface area contributed by atoms with Crippen LogP contribution in [0.2, 0.25) is 0 Å². The second-order valence-electron chi connectivity index (χ2n) is 8.86. The highest BCUT2D eigenvalue weighted by molar-refractivity contribution is 5.82. The topological polar surface area (TPSA) is 63.6 Å². The van der Waals surface area contributed by atoms with E-state index in [2.05, 4.69) is 6.92 Å². The summed E-state index contributed by atoms with van der Waals surface area (Å²) in [6.07, 6.45) is 17.8. The molecule has 0 heterocycles. The molecule has 0 bridgehead atoms. The van der Waals surface area contributed by atoms with Crippen molar-refractivity contribution in [2.75, 3.05) is 27.7 Å². The number of nitrogens with zero attached hydrogens (tertiary/aromatic N) is 1. The summed E-state index contributed by atoms with van der Waals surface area (Å²) in [6, 6.07) is 0. The Morgan fingerprint density at radius 2 is 1.39 bits per heavy atom. The van der Waals surface area contributed by atoms with Crippen LogP contribution in [0.4, 0.5) is 0 Å². The SMILES string of the molecule is CCCCCCCCCCCCC/C=C/C(=O)OC(CC(=O)O)C[N+](C)(C)C. The Bertz CT molecular complexity index is 440. The zero-order chi connectivity index (χ0) is 21.3. The van der Waals surface area contributed by atoms with Gasteiger partial charge in [-0.05, 0) is 12.8 Å². The van der Waals surface area contributed by atoms with Crippen LogP contribution in [0.25, 0.3) is 0 Å². The van der Waals surface area contributed by atoms with Crippen molar-refractivity contribution in [3.05, 3.63) is 12.2 Å². The van der Waals surface area contributed by atoms with E-state index in [1.54, 1.807) is 0 Å². The molecule has 0 saturated carbocycles. The lowest BCUT2D eigenvalue weighted by Crippen LogP contribution is -2.43. The molecule has 0 rings (SSSR count). The van der Waals surface area contributed by atoms with Crippen molar-refractivity contribution in [1.29, 1.82) is 0 Å². The van der Waals surface area contributed by atoms with Crippen molar-refractivity contribution in [2.45, 2.75) is 96.5 Å². The van der Waals surface area contributed by atoms with Crippen LogP contribution < -0.4 is 0 Å². The van der Waals surface area contributed by atoms with Crippen molar-refractivity contribution in [1.82, 2.24) is 0 Å². The summed E-state index contributed by atoms with van der Waals surface area (Å²) in [7, 11) is 5.85. The summed E-state index contributed by atoms with van der Waals surface area (Å²) < 4.78 is 5.87. The highest BCUT2D eigenvalue weighted by Gasteiger charge is 2.23. The van der Waals surface area contributed by atoms with Crippen molar-refractivity contribution >= 4 is 11.9 Å². The molecule has 0 aromatic heterocycles. The van der Waals surface area contributed by atoms with Gasteiger partial charge in [0.15, 0.2) is 6.10 Å². The second-order valence-corrected chi connectivity index (χ2v) is 8.86. The smallest absolute Gasteiger partial charge is 0.330 e. The van der Waals surface area contributed by atoms with E-state index in [1.807, 2.05) is 27.2 Å². The van der Waals surface area contributed by atoms with Gasteiger partial charge >= 0.3 is 11.9 Å². The van der Waals surface area contributed by atoms with Crippen LogP contribution in [0.1, 0.15) is 90.4 Å². The van der Waals surface area contributed by atoms with Gasteiger partial charge in [-0.1, -0.05) is 77.2 Å². The van der Waals surface area contributed by atoms with Gasteiger partial charge in [-0.25, -0.2) is 4.79 Å². The van der Waals surface area contributed by atoms with E-state index in [-0.39, 0.29) is 6.42 Å². The molecule has 28 heavy (non-hydrogen) atoms. The van der Waals surface area contributed by atoms with Crippen LogP contribution in [0.15, 0.2) is 12.2 Å². The molecule has 0 aromatic rings. The van der Waals surface area contributed by atoms with Gasteiger partial charge in [0.2, 0.25) is 0 Å². The molecule has 0 aliphatic carbocycles. The number of aliphatic carboxylic acids is 1. The normalized spacial score (nSPS) is 13.0. The Morgan fingerprint density at radius 3 is 1.86 bits per heavy atom. The average Bonchev–Trinajstić information content (AvgIpc) is 2.56. The van der Waals surface area contributed by atoms with Gasteiger partial charge in [0.05, 0.1) is 27.6 Å². The summed E-state index contributed by atoms with van der Waals surface area (Å²) >= 11 is 0. The van der Waals surface area contributed by atoms with Gasteiger partial charge in [0.1, 0.15) is 6.54 Å². The quantitative estimate of drug-likeness (QED) is 0.147. The van der Waals surface area contributed by atoms with Crippen molar-refractivity contribution < 1.29 is 23.9 Å². The third-order valence-electron chi connectivity index (χ3n) is 4.66. The fourth-order valence-electron chi connectivity index (χ4n) is 3.26. The Hall–Kier alpha value is -1.36. The minimum absolute atomic E-state index is 0.159. The van der Waals surface area contributed by atoms with Gasteiger partial charge < -0.3 is 14.3 Å². The molecule has 0 fully saturated rings. The third kappa shape index (κ3) is 19.4. The molecule has 1 unspecified atom stereocenters. The van der Waals surface area contributed by atoms with E-state index in [0.717, 1.165) is 12.8 Å². The Balaban J connectivity index is 3.77. The second kappa shape index (κ2) is 16.6. The zero-order valence-corrected chi connectivity index (χ0v) is 18.8. The predicted molar refractivity (Wildman–Crippen MR) is 115 cm³/mol. The Labute approximate surface area is 172 Å². The minimum Gasteiger partial charge on any atom is -0.481 e. The first-order valence-electron chi connectivity index (χ1n) is 11.1. The zero-order valence-electron chi connectivity index (χ0n) is 18.8. The fourth-order valence-corrected chi connectivity index (χ4v) is 3.26. The van der Waals surface area contributed by atoms with Gasteiger partial charge in [0, 0.05) is 6.08 Å². The number of esters is 1. The van der Waals surface area contributed by atoms with Gasteiger partial charge in [0.25, 0.3) is 0 Å². The number of ether oxygens (including phenoxy) is 1. The molecular weight excluding hydrogens is 354 g/mol. The van der Waals surface area contributed by atoms with E-state index >= 15 is 0 Å². The van der Waals surface area contributed by atoms with Crippen molar-refractivity contribution in [3.63, 3.8) is 0 Å². The number of carboxylic acids is 1. The molecule has 0 aliphatic heterocycles. The molecule has 164 valence electrons. The maximum absolute atomic E-state index is 11.9. The van der Waals surface area contributed by atoms with Crippen LogP contribution in [-0.4, -0.2) is 55.3 Å². The number of carbonyl (C=O) groups excluding carboxylic acids is 1. The largest absolute Gasteiger partial charge is 0.481 e. The lowest BCUT2D eigenvalue weighted by atomic mass is 10.1. The fraction of sp³-hybridized carbons (Fsp3) is 0.826. The number of likely N-dealkylation sites (N-methyl/N-ethyl adjacent to an activating group) is 1. The van der Waals surface area contributed by atoms with E-state index < -0.39 is 18.0 Å². The van der Waals surface area contributed by atoms with Gasteiger partial charge in [-0.15, -0.1) is 0 Å². The van der Waals surface area contributed by atoms with Crippen LogP contribution >= 0.6 is 0 Å². The third-order valence-corrected chi connectivity index (χ3v) is 4.66. The number of allylic oxidation sites excluding steroid dienone is 1. The standard InChI is InChI=1S/C23H43NO4/c1-5-6-7-8-9-10-11-12-13-14-15-16-17-18-23(27)28-21(19-22(25)26)20-24(2,3)4/h17-18,21H,5-16,19-20H2,1-4H3/p+1/b18-17+. The van der Waals surface area contributed by atoms with Gasteiger partial charge in [-0.3, -0.25) is 4.79 Å². The first kappa shape index (κ1) is 26.6. The molecule has 0 saturated heterocycles. The Kier molecular flexibility index (Phi) is 15.8. The number of rotatable bonds is 18. The summed E-state index contributed by atoms with van der Waals surface area (Å²) in [4.78, 5) is 22.9. The van der Waals surface area contributed by atoms with Crippen LogP contribution in [-0.2, 0) is 14.3 Å². The minimum atomic E-state index is -0.948. The lowest BCUT2D eigenvalue weighted by Gasteiger charge is -2.28. The summed E-state index contributed by atoms with van der Waals surface area (Å²) in [5, 5.41) is 8.98. The van der Waals surface area contributed by atoms with Crippen LogP contribution in [0.5, 0.6) is 0 Å².